The van der Waals surface area contributed by atoms with E-state index >= 15 is 0 Å². The first-order chi connectivity index (χ1) is 14.1. The lowest BCUT2D eigenvalue weighted by atomic mass is 9.94. The van der Waals surface area contributed by atoms with E-state index in [4.69, 9.17) is 9.47 Å². The number of aromatic nitrogens is 1. The second-order valence-electron chi connectivity index (χ2n) is 7.63. The number of benzene rings is 3. The highest BCUT2D eigenvalue weighted by molar-refractivity contribution is 6.26. The van der Waals surface area contributed by atoms with Crippen LogP contribution in [-0.4, -0.2) is 36.1 Å². The fourth-order valence-corrected chi connectivity index (χ4v) is 4.86. The number of ether oxygens (including phenoxy) is 2. The van der Waals surface area contributed by atoms with Crippen molar-refractivity contribution in [2.45, 2.75) is 19.9 Å². The molecule has 5 heteroatoms. The second-order valence-corrected chi connectivity index (χ2v) is 7.63. The molecule has 0 fully saturated rings. The van der Waals surface area contributed by atoms with E-state index in [0.29, 0.717) is 18.0 Å². The van der Waals surface area contributed by atoms with Crippen LogP contribution >= 0.6 is 0 Å². The van der Waals surface area contributed by atoms with Crippen molar-refractivity contribution in [1.82, 2.24) is 9.47 Å². The number of para-hydroxylation sites is 1. The molecule has 1 amide bonds. The Morgan fingerprint density at radius 3 is 2.38 bits per heavy atom. The van der Waals surface area contributed by atoms with Crippen LogP contribution in [0.2, 0.25) is 0 Å². The van der Waals surface area contributed by atoms with Crippen LogP contribution in [-0.2, 0) is 13.6 Å². The van der Waals surface area contributed by atoms with E-state index in [1.807, 2.05) is 17.0 Å². The van der Waals surface area contributed by atoms with Crippen molar-refractivity contribution in [3.8, 4) is 11.5 Å². The summed E-state index contributed by atoms with van der Waals surface area (Å²) >= 11 is 0. The molecule has 0 atom stereocenters. The van der Waals surface area contributed by atoms with Gasteiger partial charge in [0.15, 0.2) is 11.5 Å². The molecule has 0 N–H and O–H groups in total. The molecule has 0 saturated heterocycles. The van der Waals surface area contributed by atoms with E-state index in [0.717, 1.165) is 45.9 Å². The Bertz CT molecular complexity index is 1300. The zero-order valence-corrected chi connectivity index (χ0v) is 17.2. The van der Waals surface area contributed by atoms with Crippen molar-refractivity contribution in [1.29, 1.82) is 0 Å². The van der Waals surface area contributed by atoms with Gasteiger partial charge in [0.25, 0.3) is 5.91 Å². The van der Waals surface area contributed by atoms with E-state index in [2.05, 4.69) is 42.8 Å². The topological polar surface area (TPSA) is 43.7 Å². The molecule has 1 aromatic heterocycles. The van der Waals surface area contributed by atoms with Gasteiger partial charge in [0.05, 0.1) is 25.3 Å². The summed E-state index contributed by atoms with van der Waals surface area (Å²) in [6, 6.07) is 12.4. The quantitative estimate of drug-likeness (QED) is 0.501. The molecule has 1 aliphatic rings. The number of hydrogen-bond donors (Lipinski definition) is 0. The largest absolute Gasteiger partial charge is 0.493 e. The van der Waals surface area contributed by atoms with Crippen molar-refractivity contribution in [2.24, 2.45) is 7.05 Å². The Hall–Kier alpha value is -3.21. The first-order valence-electron chi connectivity index (χ1n) is 9.97. The Morgan fingerprint density at radius 2 is 1.69 bits per heavy atom. The van der Waals surface area contributed by atoms with Gasteiger partial charge in [0.1, 0.15) is 0 Å². The molecule has 4 aromatic rings. The SMILES string of the molecule is CCCN1Cc2c(c3cc(OC)c(OC)cc3c3c2c2ccccc2n3C)C1=O. The minimum atomic E-state index is 0.105. The average molecular weight is 388 g/mol. The van der Waals surface area contributed by atoms with Crippen molar-refractivity contribution >= 4 is 38.5 Å². The molecule has 0 spiro atoms. The van der Waals surface area contributed by atoms with E-state index < -0.39 is 0 Å². The zero-order chi connectivity index (χ0) is 20.3. The third-order valence-corrected chi connectivity index (χ3v) is 6.10. The molecule has 5 rings (SSSR count). The number of nitrogens with zero attached hydrogens (tertiary/aromatic N) is 2. The molecule has 3 aromatic carbocycles. The van der Waals surface area contributed by atoms with Gasteiger partial charge < -0.3 is 18.9 Å². The minimum absolute atomic E-state index is 0.105. The zero-order valence-electron chi connectivity index (χ0n) is 17.2. The molecule has 0 saturated carbocycles. The lowest BCUT2D eigenvalue weighted by molar-refractivity contribution is 0.0780. The number of carbonyl (C=O) groups is 1. The summed E-state index contributed by atoms with van der Waals surface area (Å²) < 4.78 is 13.4. The van der Waals surface area contributed by atoms with Crippen molar-refractivity contribution < 1.29 is 14.3 Å². The summed E-state index contributed by atoms with van der Waals surface area (Å²) in [5, 5.41) is 4.30. The first-order valence-corrected chi connectivity index (χ1v) is 9.97. The van der Waals surface area contributed by atoms with Gasteiger partial charge in [-0.3, -0.25) is 4.79 Å². The predicted octanol–water partition coefficient (Wildman–Crippen LogP) is 4.87. The first kappa shape index (κ1) is 17.9. The van der Waals surface area contributed by atoms with Crippen LogP contribution in [0.5, 0.6) is 11.5 Å². The van der Waals surface area contributed by atoms with Gasteiger partial charge >= 0.3 is 0 Å². The Balaban J connectivity index is 2.02. The summed E-state index contributed by atoms with van der Waals surface area (Å²) in [4.78, 5) is 15.3. The van der Waals surface area contributed by atoms with Crippen LogP contribution in [0.3, 0.4) is 0 Å². The van der Waals surface area contributed by atoms with Crippen LogP contribution in [0, 0.1) is 0 Å². The molecule has 29 heavy (non-hydrogen) atoms. The molecular weight excluding hydrogens is 364 g/mol. The lowest BCUT2D eigenvalue weighted by Gasteiger charge is -2.14. The third kappa shape index (κ3) is 2.30. The number of carbonyl (C=O) groups excluding carboxylic acids is 1. The van der Waals surface area contributed by atoms with Gasteiger partial charge in [0, 0.05) is 47.2 Å². The van der Waals surface area contributed by atoms with E-state index in [9.17, 15) is 4.79 Å². The summed E-state index contributed by atoms with van der Waals surface area (Å²) in [6.07, 6.45) is 0.938. The van der Waals surface area contributed by atoms with Crippen LogP contribution in [0.15, 0.2) is 36.4 Å². The highest BCUT2D eigenvalue weighted by atomic mass is 16.5. The molecule has 5 nitrogen and oxygen atoms in total. The number of hydrogen-bond acceptors (Lipinski definition) is 3. The smallest absolute Gasteiger partial charge is 0.255 e. The summed E-state index contributed by atoms with van der Waals surface area (Å²) in [5.41, 5.74) is 4.22. The minimum Gasteiger partial charge on any atom is -0.493 e. The molecule has 0 radical (unpaired) electrons. The van der Waals surface area contributed by atoms with Gasteiger partial charge in [-0.1, -0.05) is 25.1 Å². The fraction of sp³-hybridized carbons (Fsp3) is 0.292. The average Bonchev–Trinajstić information content (AvgIpc) is 3.23. The molecule has 0 bridgehead atoms. The number of methoxy groups -OCH3 is 2. The highest BCUT2D eigenvalue weighted by Gasteiger charge is 2.33. The van der Waals surface area contributed by atoms with Gasteiger partial charge in [0.2, 0.25) is 0 Å². The van der Waals surface area contributed by atoms with Crippen molar-refractivity contribution in [3.05, 3.63) is 47.5 Å². The number of aryl methyl sites for hydroxylation is 1. The third-order valence-electron chi connectivity index (χ3n) is 6.10. The van der Waals surface area contributed by atoms with Crippen LogP contribution in [0.1, 0.15) is 29.3 Å². The van der Waals surface area contributed by atoms with E-state index in [1.165, 1.54) is 10.8 Å². The maximum atomic E-state index is 13.4. The Morgan fingerprint density at radius 1 is 1.00 bits per heavy atom. The second kappa shape index (κ2) is 6.41. The molecule has 148 valence electrons. The monoisotopic (exact) mass is 388 g/mol. The van der Waals surface area contributed by atoms with Crippen molar-refractivity contribution in [2.75, 3.05) is 20.8 Å². The highest BCUT2D eigenvalue weighted by Crippen LogP contribution is 2.45. The molecule has 1 aliphatic heterocycles. The standard InChI is InChI=1S/C24H24N2O3/c1-5-10-26-13-17-21-14-8-6-7-9-18(14)25(2)23(21)16-12-20(29-4)19(28-3)11-15(16)22(17)24(26)27/h6-9,11-12H,5,10,13H2,1-4H3. The van der Waals surface area contributed by atoms with Crippen molar-refractivity contribution in [3.63, 3.8) is 0 Å². The van der Waals surface area contributed by atoms with Gasteiger partial charge in [-0.05, 0) is 30.2 Å². The molecular formula is C24H24N2O3. The number of fused-ring (bicyclic) bond motifs is 8. The molecule has 0 aliphatic carbocycles. The fourth-order valence-electron chi connectivity index (χ4n) is 4.86. The van der Waals surface area contributed by atoms with Gasteiger partial charge in [-0.15, -0.1) is 0 Å². The summed E-state index contributed by atoms with van der Waals surface area (Å²) in [6.45, 7) is 3.52. The maximum Gasteiger partial charge on any atom is 0.255 e. The summed E-state index contributed by atoms with van der Waals surface area (Å²) in [5.74, 6) is 1.42. The normalized spacial score (nSPS) is 13.7. The maximum absolute atomic E-state index is 13.4. The predicted molar refractivity (Wildman–Crippen MR) is 116 cm³/mol. The number of amides is 1. The van der Waals surface area contributed by atoms with Crippen LogP contribution < -0.4 is 9.47 Å². The van der Waals surface area contributed by atoms with Gasteiger partial charge in [-0.2, -0.15) is 0 Å². The number of rotatable bonds is 4. The molecule has 2 heterocycles. The van der Waals surface area contributed by atoms with Crippen LogP contribution in [0.4, 0.5) is 0 Å². The van der Waals surface area contributed by atoms with E-state index in [1.54, 1.807) is 14.2 Å². The van der Waals surface area contributed by atoms with Gasteiger partial charge in [-0.25, -0.2) is 0 Å². The molecule has 0 unspecified atom stereocenters. The van der Waals surface area contributed by atoms with Crippen LogP contribution in [0.25, 0.3) is 32.6 Å². The Kier molecular flexibility index (Phi) is 3.95. The summed E-state index contributed by atoms with van der Waals surface area (Å²) in [7, 11) is 5.36. The van der Waals surface area contributed by atoms with E-state index in [-0.39, 0.29) is 5.91 Å². The lowest BCUT2D eigenvalue weighted by Crippen LogP contribution is -2.24. The Labute approximate surface area is 169 Å².